The van der Waals surface area contributed by atoms with E-state index >= 15 is 0 Å². The summed E-state index contributed by atoms with van der Waals surface area (Å²) in [6.07, 6.45) is 2.76. The van der Waals surface area contributed by atoms with E-state index in [0.717, 1.165) is 29.0 Å². The van der Waals surface area contributed by atoms with Gasteiger partial charge in [-0.3, -0.25) is 4.68 Å². The highest BCUT2D eigenvalue weighted by Gasteiger charge is 2.19. The first-order chi connectivity index (χ1) is 15.0. The number of methoxy groups -OCH3 is 1. The predicted molar refractivity (Wildman–Crippen MR) is 122 cm³/mol. The molecule has 158 valence electrons. The minimum Gasteiger partial charge on any atom is -0.496 e. The van der Waals surface area contributed by atoms with Crippen molar-refractivity contribution in [2.45, 2.75) is 33.7 Å². The van der Waals surface area contributed by atoms with E-state index in [9.17, 15) is 0 Å². The van der Waals surface area contributed by atoms with Crippen LogP contribution in [-0.4, -0.2) is 27.0 Å². The predicted octanol–water partition coefficient (Wildman–Crippen LogP) is 5.64. The first-order valence-electron chi connectivity index (χ1n) is 10.3. The Morgan fingerprint density at radius 3 is 2.55 bits per heavy atom. The third-order valence-corrected chi connectivity index (χ3v) is 5.41. The fourth-order valence-corrected chi connectivity index (χ4v) is 3.87. The molecular weight excluding hydrogens is 388 g/mol. The maximum absolute atomic E-state index is 5.58. The normalized spacial score (nSPS) is 11.0. The Hall–Kier alpha value is -3.67. The summed E-state index contributed by atoms with van der Waals surface area (Å²) in [6.45, 7) is 10.8. The molecule has 31 heavy (non-hydrogen) atoms. The van der Waals surface area contributed by atoms with E-state index in [4.69, 9.17) is 9.26 Å². The van der Waals surface area contributed by atoms with E-state index in [1.54, 1.807) is 7.11 Å². The lowest BCUT2D eigenvalue weighted by molar-refractivity contribution is 0.416. The summed E-state index contributed by atoms with van der Waals surface area (Å²) >= 11 is 0. The monoisotopic (exact) mass is 414 g/mol. The quantitative estimate of drug-likeness (QED) is 0.366. The molecule has 0 unspecified atom stereocenters. The Labute approximate surface area is 182 Å². The van der Waals surface area contributed by atoms with E-state index < -0.39 is 0 Å². The van der Waals surface area contributed by atoms with Crippen LogP contribution in [0, 0.1) is 13.8 Å². The Balaban J connectivity index is 1.72. The molecule has 2 aromatic carbocycles. The molecule has 0 aliphatic carbocycles. The fraction of sp³-hybridized carbons (Fsp3) is 0.240. The van der Waals surface area contributed by atoms with Crippen molar-refractivity contribution in [2.75, 3.05) is 7.11 Å². The molecule has 4 aromatic rings. The van der Waals surface area contributed by atoms with Gasteiger partial charge in [0.15, 0.2) is 5.69 Å². The molecule has 4 rings (SSSR count). The van der Waals surface area contributed by atoms with E-state index in [1.807, 2.05) is 48.0 Å². The molecular formula is C25H26N4O2. The van der Waals surface area contributed by atoms with Crippen LogP contribution in [0.2, 0.25) is 0 Å². The maximum Gasteiger partial charge on any atom is 0.278 e. The van der Waals surface area contributed by atoms with E-state index in [-0.39, 0.29) is 0 Å². The molecule has 0 saturated heterocycles. The second-order valence-electron chi connectivity index (χ2n) is 7.44. The smallest absolute Gasteiger partial charge is 0.278 e. The molecule has 0 saturated carbocycles. The van der Waals surface area contributed by atoms with Crippen molar-refractivity contribution in [1.29, 1.82) is 0 Å². The minimum atomic E-state index is 0.392. The van der Waals surface area contributed by atoms with Crippen LogP contribution in [0.4, 0.5) is 0 Å². The van der Waals surface area contributed by atoms with Crippen LogP contribution < -0.4 is 4.74 Å². The van der Waals surface area contributed by atoms with Gasteiger partial charge in [-0.25, -0.2) is 0 Å². The second kappa shape index (κ2) is 8.60. The van der Waals surface area contributed by atoms with Crippen LogP contribution in [0.5, 0.6) is 5.75 Å². The van der Waals surface area contributed by atoms with E-state index in [0.29, 0.717) is 24.0 Å². The van der Waals surface area contributed by atoms with Gasteiger partial charge in [-0.1, -0.05) is 23.4 Å². The topological polar surface area (TPSA) is 66.0 Å². The number of rotatable bonds is 7. The van der Waals surface area contributed by atoms with Gasteiger partial charge in [-0.15, -0.1) is 6.58 Å². The largest absolute Gasteiger partial charge is 0.496 e. The highest BCUT2D eigenvalue weighted by atomic mass is 16.5. The highest BCUT2D eigenvalue weighted by Crippen LogP contribution is 2.33. The molecule has 0 N–H and O–H groups in total. The minimum absolute atomic E-state index is 0.392. The maximum atomic E-state index is 5.58. The first-order valence-corrected chi connectivity index (χ1v) is 10.3. The van der Waals surface area contributed by atoms with Gasteiger partial charge >= 0.3 is 0 Å². The molecule has 2 heterocycles. The molecule has 0 fully saturated rings. The zero-order chi connectivity index (χ0) is 22.0. The summed E-state index contributed by atoms with van der Waals surface area (Å²) in [5.74, 6) is 1.74. The molecule has 6 nitrogen and oxygen atoms in total. The van der Waals surface area contributed by atoms with Crippen molar-refractivity contribution in [3.05, 3.63) is 71.8 Å². The Bertz CT molecular complexity index is 1210. The standard InChI is InChI=1S/C25H26N4O2/c1-6-10-19-16(3)13-18(14-17(19)4)24-26-25(31-28-24)21-15-22(29(7-2)27-21)20-11-8-9-12-23(20)30-5/h6,8-9,11-15H,1,7,10H2,2-5H3. The van der Waals surface area contributed by atoms with Gasteiger partial charge in [0, 0.05) is 17.7 Å². The number of aryl methyl sites for hydroxylation is 3. The van der Waals surface area contributed by atoms with Gasteiger partial charge in [0.2, 0.25) is 5.82 Å². The van der Waals surface area contributed by atoms with Crippen LogP contribution in [0.25, 0.3) is 34.2 Å². The Morgan fingerprint density at radius 1 is 1.13 bits per heavy atom. The van der Waals surface area contributed by atoms with Crippen molar-refractivity contribution in [1.82, 2.24) is 19.9 Å². The van der Waals surface area contributed by atoms with Gasteiger partial charge in [0.05, 0.1) is 12.8 Å². The zero-order valence-electron chi connectivity index (χ0n) is 18.3. The van der Waals surface area contributed by atoms with Crippen LogP contribution in [-0.2, 0) is 13.0 Å². The van der Waals surface area contributed by atoms with Crippen LogP contribution in [0.1, 0.15) is 23.6 Å². The van der Waals surface area contributed by atoms with Crippen molar-refractivity contribution < 1.29 is 9.26 Å². The third-order valence-electron chi connectivity index (χ3n) is 5.41. The lowest BCUT2D eigenvalue weighted by Crippen LogP contribution is -2.00. The van der Waals surface area contributed by atoms with Gasteiger partial charge in [-0.2, -0.15) is 10.1 Å². The molecule has 0 amide bonds. The molecule has 0 aliphatic rings. The third kappa shape index (κ3) is 3.89. The number of allylic oxidation sites excluding steroid dienone is 1. The van der Waals surface area contributed by atoms with Crippen molar-refractivity contribution in [3.63, 3.8) is 0 Å². The number of para-hydroxylation sites is 1. The summed E-state index contributed by atoms with van der Waals surface area (Å²) in [6, 6.07) is 14.0. The lowest BCUT2D eigenvalue weighted by Gasteiger charge is -2.09. The number of nitrogens with zero attached hydrogens (tertiary/aromatic N) is 4. The van der Waals surface area contributed by atoms with Gasteiger partial charge in [0.1, 0.15) is 5.75 Å². The molecule has 0 radical (unpaired) electrons. The molecule has 0 aliphatic heterocycles. The fourth-order valence-electron chi connectivity index (χ4n) is 3.87. The van der Waals surface area contributed by atoms with Crippen LogP contribution in [0.3, 0.4) is 0 Å². The molecule has 0 atom stereocenters. The average Bonchev–Trinajstić information content (AvgIpc) is 3.43. The van der Waals surface area contributed by atoms with Crippen molar-refractivity contribution >= 4 is 0 Å². The van der Waals surface area contributed by atoms with Crippen molar-refractivity contribution in [2.24, 2.45) is 0 Å². The SMILES string of the molecule is C=CCc1c(C)cc(-c2noc(-c3cc(-c4ccccc4OC)n(CC)n3)n2)cc1C. The number of hydrogen-bond donors (Lipinski definition) is 0. The Morgan fingerprint density at radius 2 is 1.87 bits per heavy atom. The number of hydrogen-bond acceptors (Lipinski definition) is 5. The van der Waals surface area contributed by atoms with Crippen LogP contribution >= 0.6 is 0 Å². The lowest BCUT2D eigenvalue weighted by atomic mass is 9.97. The van der Waals surface area contributed by atoms with Gasteiger partial charge in [-0.05, 0) is 74.2 Å². The number of ether oxygens (including phenoxy) is 1. The summed E-state index contributed by atoms with van der Waals surface area (Å²) in [4.78, 5) is 4.63. The zero-order valence-corrected chi connectivity index (χ0v) is 18.3. The van der Waals surface area contributed by atoms with Gasteiger partial charge in [0.25, 0.3) is 5.89 Å². The van der Waals surface area contributed by atoms with Gasteiger partial charge < -0.3 is 9.26 Å². The molecule has 0 bridgehead atoms. The molecule has 6 heteroatoms. The van der Waals surface area contributed by atoms with E-state index in [2.05, 4.69) is 47.8 Å². The highest BCUT2D eigenvalue weighted by molar-refractivity contribution is 5.71. The summed E-state index contributed by atoms with van der Waals surface area (Å²) in [7, 11) is 1.67. The van der Waals surface area contributed by atoms with Crippen LogP contribution in [0.15, 0.2) is 59.6 Å². The Kier molecular flexibility index (Phi) is 5.71. The summed E-state index contributed by atoms with van der Waals surface area (Å²) in [5, 5.41) is 8.90. The number of benzene rings is 2. The van der Waals surface area contributed by atoms with E-state index in [1.165, 1.54) is 16.7 Å². The molecule has 2 aromatic heterocycles. The average molecular weight is 415 g/mol. The second-order valence-corrected chi connectivity index (χ2v) is 7.44. The van der Waals surface area contributed by atoms with Crippen molar-refractivity contribution in [3.8, 4) is 40.0 Å². The summed E-state index contributed by atoms with van der Waals surface area (Å²) in [5.41, 5.74) is 7.14. The summed E-state index contributed by atoms with van der Waals surface area (Å²) < 4.78 is 13.0. The first kappa shape index (κ1) is 20.6. The molecule has 0 spiro atoms. The number of aromatic nitrogens is 4.